The normalized spacial score (nSPS) is 11.4. The number of methoxy groups -OCH3 is 1. The van der Waals surface area contributed by atoms with Crippen LogP contribution in [0.5, 0.6) is 5.75 Å². The number of ether oxygens (including phenoxy) is 1. The quantitative estimate of drug-likeness (QED) is 0.922. The van der Waals surface area contributed by atoms with E-state index in [0.717, 1.165) is 12.1 Å². The van der Waals surface area contributed by atoms with Crippen molar-refractivity contribution in [3.8, 4) is 5.75 Å². The van der Waals surface area contributed by atoms with E-state index < -0.39 is 21.7 Å². The van der Waals surface area contributed by atoms with Crippen molar-refractivity contribution in [2.75, 3.05) is 7.11 Å². The highest BCUT2D eigenvalue weighted by molar-refractivity contribution is 7.89. The van der Waals surface area contributed by atoms with Gasteiger partial charge < -0.3 is 4.74 Å². The molecule has 0 fully saturated rings. The van der Waals surface area contributed by atoms with Gasteiger partial charge in [-0.25, -0.2) is 21.9 Å². The molecule has 2 aromatic rings. The highest BCUT2D eigenvalue weighted by Gasteiger charge is 2.20. The Bertz CT molecular complexity index is 748. The molecule has 0 saturated carbocycles. The van der Waals surface area contributed by atoms with Crippen molar-refractivity contribution < 1.29 is 21.9 Å². The minimum atomic E-state index is -4.02. The van der Waals surface area contributed by atoms with Crippen LogP contribution in [-0.2, 0) is 16.6 Å². The van der Waals surface area contributed by atoms with Crippen molar-refractivity contribution >= 4 is 10.0 Å². The van der Waals surface area contributed by atoms with Crippen LogP contribution in [0.1, 0.15) is 5.56 Å². The first-order chi connectivity index (χ1) is 9.94. The monoisotopic (exact) mass is 313 g/mol. The van der Waals surface area contributed by atoms with Crippen molar-refractivity contribution in [1.29, 1.82) is 0 Å². The van der Waals surface area contributed by atoms with E-state index in [9.17, 15) is 17.2 Å². The molecule has 0 aliphatic rings. The summed E-state index contributed by atoms with van der Waals surface area (Å²) in [6.07, 6.45) is 0. The van der Waals surface area contributed by atoms with E-state index in [2.05, 4.69) is 4.72 Å². The van der Waals surface area contributed by atoms with Crippen LogP contribution in [0.4, 0.5) is 8.78 Å². The fraction of sp³-hybridized carbons (Fsp3) is 0.143. The first-order valence-electron chi connectivity index (χ1n) is 6.00. The van der Waals surface area contributed by atoms with Crippen LogP contribution in [0.3, 0.4) is 0 Å². The minimum absolute atomic E-state index is 0.0115. The average Bonchev–Trinajstić information content (AvgIpc) is 2.46. The van der Waals surface area contributed by atoms with Gasteiger partial charge in [0, 0.05) is 12.1 Å². The molecule has 0 unspecified atom stereocenters. The molecule has 0 saturated heterocycles. The lowest BCUT2D eigenvalue weighted by atomic mass is 10.2. The number of hydrogen-bond acceptors (Lipinski definition) is 3. The molecule has 0 aliphatic heterocycles. The number of halogens is 2. The van der Waals surface area contributed by atoms with Gasteiger partial charge in [-0.1, -0.05) is 18.2 Å². The molecule has 0 atom stereocenters. The van der Waals surface area contributed by atoms with Crippen LogP contribution < -0.4 is 9.46 Å². The first-order valence-corrected chi connectivity index (χ1v) is 7.49. The smallest absolute Gasteiger partial charge is 0.244 e. The van der Waals surface area contributed by atoms with Gasteiger partial charge in [-0.2, -0.15) is 0 Å². The largest absolute Gasteiger partial charge is 0.495 e. The zero-order chi connectivity index (χ0) is 15.5. The third kappa shape index (κ3) is 3.56. The van der Waals surface area contributed by atoms with Crippen LogP contribution in [0.15, 0.2) is 47.4 Å². The second-order valence-corrected chi connectivity index (χ2v) is 5.95. The maximum Gasteiger partial charge on any atom is 0.244 e. The summed E-state index contributed by atoms with van der Waals surface area (Å²) in [7, 11) is -2.74. The summed E-state index contributed by atoms with van der Waals surface area (Å²) >= 11 is 0. The summed E-state index contributed by atoms with van der Waals surface area (Å²) in [6.45, 7) is -0.241. The van der Waals surface area contributed by atoms with E-state index in [1.54, 1.807) is 6.07 Å². The Morgan fingerprint density at radius 3 is 2.52 bits per heavy atom. The van der Waals surface area contributed by atoms with Crippen molar-refractivity contribution in [3.05, 3.63) is 59.7 Å². The summed E-state index contributed by atoms with van der Waals surface area (Å²) in [4.78, 5) is -0.332. The van der Waals surface area contributed by atoms with E-state index in [-0.39, 0.29) is 22.8 Å². The Balaban J connectivity index is 2.27. The second-order valence-electron chi connectivity index (χ2n) is 4.21. The Hall–Kier alpha value is -1.99. The molecule has 0 aromatic heterocycles. The van der Waals surface area contributed by atoms with Gasteiger partial charge in [0.2, 0.25) is 10.0 Å². The Labute approximate surface area is 121 Å². The third-order valence-corrected chi connectivity index (χ3v) is 4.25. The third-order valence-electron chi connectivity index (χ3n) is 2.83. The van der Waals surface area contributed by atoms with E-state index in [1.165, 1.54) is 31.4 Å². The van der Waals surface area contributed by atoms with Crippen molar-refractivity contribution in [2.24, 2.45) is 0 Å². The zero-order valence-corrected chi connectivity index (χ0v) is 12.0. The molecular weight excluding hydrogens is 300 g/mol. The number of hydrogen-bond donors (Lipinski definition) is 1. The van der Waals surface area contributed by atoms with Gasteiger partial charge in [0.1, 0.15) is 22.3 Å². The fourth-order valence-corrected chi connectivity index (χ4v) is 2.94. The lowest BCUT2D eigenvalue weighted by molar-refractivity contribution is 0.400. The van der Waals surface area contributed by atoms with Gasteiger partial charge in [0.05, 0.1) is 7.11 Å². The highest BCUT2D eigenvalue weighted by Crippen LogP contribution is 2.24. The molecule has 1 N–H and O–H groups in total. The second kappa shape index (κ2) is 6.19. The van der Waals surface area contributed by atoms with Crippen LogP contribution in [0.25, 0.3) is 0 Å². The van der Waals surface area contributed by atoms with Crippen molar-refractivity contribution in [1.82, 2.24) is 4.72 Å². The standard InChI is InChI=1S/C14H13F2NO3S/c1-20-13-7-6-11(15)8-14(13)21(18,19)17-9-10-4-2-3-5-12(10)16/h2-8,17H,9H2,1H3. The summed E-state index contributed by atoms with van der Waals surface area (Å²) in [5.74, 6) is -1.22. The first kappa shape index (κ1) is 15.4. The Kier molecular flexibility index (Phi) is 4.54. The SMILES string of the molecule is COc1ccc(F)cc1S(=O)(=O)NCc1ccccc1F. The predicted molar refractivity (Wildman–Crippen MR) is 73.4 cm³/mol. The molecule has 0 heterocycles. The van der Waals surface area contributed by atoms with Crippen LogP contribution in [-0.4, -0.2) is 15.5 Å². The average molecular weight is 313 g/mol. The van der Waals surface area contributed by atoms with Crippen molar-refractivity contribution in [3.63, 3.8) is 0 Å². The molecule has 2 aromatic carbocycles. The number of benzene rings is 2. The highest BCUT2D eigenvalue weighted by atomic mass is 32.2. The summed E-state index contributed by atoms with van der Waals surface area (Å²) in [5, 5.41) is 0. The molecule has 0 bridgehead atoms. The molecule has 112 valence electrons. The van der Waals surface area contributed by atoms with E-state index in [4.69, 9.17) is 4.74 Å². The fourth-order valence-electron chi connectivity index (χ4n) is 1.75. The molecule has 7 heteroatoms. The summed E-state index contributed by atoms with van der Waals surface area (Å²) < 4.78 is 58.2. The maximum absolute atomic E-state index is 13.5. The predicted octanol–water partition coefficient (Wildman–Crippen LogP) is 2.45. The van der Waals surface area contributed by atoms with Gasteiger partial charge in [0.25, 0.3) is 0 Å². The van der Waals surface area contributed by atoms with Crippen molar-refractivity contribution in [2.45, 2.75) is 11.4 Å². The molecule has 21 heavy (non-hydrogen) atoms. The topological polar surface area (TPSA) is 55.4 Å². The number of nitrogens with one attached hydrogen (secondary N) is 1. The molecule has 2 rings (SSSR count). The Morgan fingerprint density at radius 1 is 1.14 bits per heavy atom. The van der Waals surface area contributed by atoms with Gasteiger partial charge in [-0.15, -0.1) is 0 Å². The molecule has 0 radical (unpaired) electrons. The molecule has 0 aliphatic carbocycles. The maximum atomic E-state index is 13.5. The molecular formula is C14H13F2NO3S. The van der Waals surface area contributed by atoms with Gasteiger partial charge in [-0.05, 0) is 24.3 Å². The molecule has 4 nitrogen and oxygen atoms in total. The van der Waals surface area contributed by atoms with E-state index in [0.29, 0.717) is 0 Å². The summed E-state index contributed by atoms with van der Waals surface area (Å²) in [6, 6.07) is 8.94. The van der Waals surface area contributed by atoms with Gasteiger partial charge >= 0.3 is 0 Å². The number of sulfonamides is 1. The number of rotatable bonds is 5. The van der Waals surface area contributed by atoms with Crippen LogP contribution >= 0.6 is 0 Å². The lowest BCUT2D eigenvalue weighted by Crippen LogP contribution is -2.24. The van der Waals surface area contributed by atoms with Crippen LogP contribution in [0, 0.1) is 11.6 Å². The zero-order valence-electron chi connectivity index (χ0n) is 11.1. The van der Waals surface area contributed by atoms with Gasteiger partial charge in [-0.3, -0.25) is 0 Å². The lowest BCUT2D eigenvalue weighted by Gasteiger charge is -2.11. The van der Waals surface area contributed by atoms with E-state index in [1.807, 2.05) is 0 Å². The molecule has 0 amide bonds. The van der Waals surface area contributed by atoms with E-state index >= 15 is 0 Å². The van der Waals surface area contributed by atoms with Crippen LogP contribution in [0.2, 0.25) is 0 Å². The molecule has 0 spiro atoms. The van der Waals surface area contributed by atoms with Gasteiger partial charge in [0.15, 0.2) is 0 Å². The Morgan fingerprint density at radius 2 is 1.86 bits per heavy atom. The summed E-state index contributed by atoms with van der Waals surface area (Å²) in [5.41, 5.74) is 0.191. The minimum Gasteiger partial charge on any atom is -0.495 e.